The molecule has 1 aromatic rings. The van der Waals surface area contributed by atoms with Crippen LogP contribution in [0.3, 0.4) is 0 Å². The number of benzene rings is 1. The molecule has 168 valence electrons. The van der Waals surface area contributed by atoms with Gasteiger partial charge < -0.3 is 5.32 Å². The number of amides is 1. The molecule has 1 N–H and O–H groups in total. The van der Waals surface area contributed by atoms with Gasteiger partial charge in [0.1, 0.15) is 6.67 Å². The lowest BCUT2D eigenvalue weighted by molar-refractivity contribution is -0.126. The minimum Gasteiger partial charge on any atom is -0.346 e. The van der Waals surface area contributed by atoms with Crippen molar-refractivity contribution in [3.05, 3.63) is 69.3 Å². The Hall–Kier alpha value is -2.14. The normalized spacial score (nSPS) is 16.6. The van der Waals surface area contributed by atoms with Gasteiger partial charge in [0.05, 0.1) is 11.6 Å². The third-order valence-corrected chi connectivity index (χ3v) is 6.91. The van der Waals surface area contributed by atoms with Gasteiger partial charge in [0.2, 0.25) is 5.91 Å². The molecule has 5 heteroatoms. The predicted molar refractivity (Wildman–Crippen MR) is 132 cm³/mol. The van der Waals surface area contributed by atoms with Gasteiger partial charge in [0.15, 0.2) is 0 Å². The number of rotatable bonds is 11. The Balaban J connectivity index is 2.30. The quantitative estimate of drug-likeness (QED) is 0.176. The molecule has 1 aliphatic rings. The zero-order chi connectivity index (χ0) is 22.8. The second-order valence-corrected chi connectivity index (χ2v) is 8.95. The van der Waals surface area contributed by atoms with Crippen molar-refractivity contribution >= 4 is 24.4 Å². The Morgan fingerprint density at radius 1 is 1.35 bits per heavy atom. The number of hydrogen-bond donors (Lipinski definition) is 1. The van der Waals surface area contributed by atoms with Crippen molar-refractivity contribution < 1.29 is 9.18 Å². The number of thioether (sulfide) groups is 1. The molecular weight excluding hydrogens is 407 g/mol. The molecule has 0 spiro atoms. The maximum atomic E-state index is 13.8. The number of alkyl halides is 1. The summed E-state index contributed by atoms with van der Waals surface area (Å²) in [4.78, 5) is 17.2. The van der Waals surface area contributed by atoms with Gasteiger partial charge in [0.25, 0.3) is 0 Å². The van der Waals surface area contributed by atoms with Crippen LogP contribution in [0.15, 0.2) is 57.6 Å². The van der Waals surface area contributed by atoms with E-state index in [2.05, 4.69) is 49.1 Å². The highest BCUT2D eigenvalue weighted by Gasteiger charge is 2.25. The molecule has 0 heterocycles. The summed E-state index contributed by atoms with van der Waals surface area (Å²) in [6.45, 7) is 11.3. The van der Waals surface area contributed by atoms with Crippen molar-refractivity contribution in [1.82, 2.24) is 5.32 Å². The molecule has 1 aromatic carbocycles. The summed E-state index contributed by atoms with van der Waals surface area (Å²) in [6.07, 6.45) is 10.2. The monoisotopic (exact) mass is 442 g/mol. The number of nitrogens with one attached hydrogen (secondary N) is 1. The van der Waals surface area contributed by atoms with Gasteiger partial charge in [0, 0.05) is 16.7 Å². The molecule has 1 atom stereocenters. The molecule has 1 saturated carbocycles. The van der Waals surface area contributed by atoms with Crippen molar-refractivity contribution in [3.8, 4) is 0 Å². The van der Waals surface area contributed by atoms with Crippen LogP contribution in [0.2, 0.25) is 0 Å². The standard InChI is InChI=1S/C26H35FN2OS/c1-6-10-23(25-20(7-2)11-8-14-22(25)16-27)18(3)15-24(19(4)28-5)31-17-29-26(30)21-12-9-13-21/h6,8,10-11,14-15,21,23H,5,7,9,12-13,16-17H2,1-4H3,(H,29,30)/b10-6-,18-15-,24-19-. The lowest BCUT2D eigenvalue weighted by atomic mass is 9.84. The Labute approximate surface area is 191 Å². The van der Waals surface area contributed by atoms with E-state index in [4.69, 9.17) is 0 Å². The molecule has 0 radical (unpaired) electrons. The van der Waals surface area contributed by atoms with Gasteiger partial charge in [-0.3, -0.25) is 9.79 Å². The molecule has 1 amide bonds. The summed E-state index contributed by atoms with van der Waals surface area (Å²) in [6, 6.07) is 5.88. The van der Waals surface area contributed by atoms with Crippen LogP contribution in [0.25, 0.3) is 0 Å². The van der Waals surface area contributed by atoms with E-state index in [0.717, 1.165) is 58.5 Å². The van der Waals surface area contributed by atoms with Crippen LogP contribution in [0, 0.1) is 5.92 Å². The van der Waals surface area contributed by atoms with E-state index < -0.39 is 6.67 Å². The number of aliphatic imine (C=N–C) groups is 1. The second kappa shape index (κ2) is 12.7. The number of allylic oxidation sites excluding steroid dienone is 5. The summed E-state index contributed by atoms with van der Waals surface area (Å²) in [5, 5.41) is 3.02. The van der Waals surface area contributed by atoms with Crippen LogP contribution in [-0.2, 0) is 17.9 Å². The van der Waals surface area contributed by atoms with Crippen LogP contribution in [0.1, 0.15) is 69.6 Å². The average Bonchev–Trinajstić information content (AvgIpc) is 2.74. The first-order chi connectivity index (χ1) is 15.0. The number of aryl methyl sites for hydroxylation is 1. The maximum absolute atomic E-state index is 13.8. The van der Waals surface area contributed by atoms with E-state index in [1.165, 1.54) is 0 Å². The van der Waals surface area contributed by atoms with Crippen LogP contribution >= 0.6 is 11.8 Å². The fourth-order valence-electron chi connectivity index (χ4n) is 3.78. The lowest BCUT2D eigenvalue weighted by Crippen LogP contribution is -2.34. The maximum Gasteiger partial charge on any atom is 0.223 e. The van der Waals surface area contributed by atoms with Crippen LogP contribution in [0.4, 0.5) is 4.39 Å². The molecule has 31 heavy (non-hydrogen) atoms. The Bertz CT molecular complexity index is 846. The second-order valence-electron chi connectivity index (χ2n) is 7.93. The lowest BCUT2D eigenvalue weighted by Gasteiger charge is -2.24. The van der Waals surface area contributed by atoms with Crippen LogP contribution < -0.4 is 5.32 Å². The van der Waals surface area contributed by atoms with Gasteiger partial charge in [-0.2, -0.15) is 0 Å². The summed E-state index contributed by atoms with van der Waals surface area (Å²) in [5.74, 6) is 0.785. The van der Waals surface area contributed by atoms with Crippen molar-refractivity contribution in [3.63, 3.8) is 0 Å². The molecule has 3 nitrogen and oxygen atoms in total. The smallest absolute Gasteiger partial charge is 0.223 e. The van der Waals surface area contributed by atoms with Gasteiger partial charge in [-0.05, 0) is 69.5 Å². The topological polar surface area (TPSA) is 41.5 Å². The van der Waals surface area contributed by atoms with Gasteiger partial charge in [-0.1, -0.05) is 49.3 Å². The summed E-state index contributed by atoms with van der Waals surface area (Å²) < 4.78 is 13.8. The van der Waals surface area contributed by atoms with E-state index in [-0.39, 0.29) is 17.7 Å². The molecule has 1 fully saturated rings. The molecule has 1 aliphatic carbocycles. The van der Waals surface area contributed by atoms with Gasteiger partial charge in [-0.15, -0.1) is 11.8 Å². The molecular formula is C26H35FN2OS. The van der Waals surface area contributed by atoms with Gasteiger partial charge >= 0.3 is 0 Å². The zero-order valence-corrected chi connectivity index (χ0v) is 20.0. The van der Waals surface area contributed by atoms with E-state index >= 15 is 0 Å². The van der Waals surface area contributed by atoms with E-state index in [1.807, 2.05) is 32.1 Å². The zero-order valence-electron chi connectivity index (χ0n) is 19.2. The molecule has 0 aromatic heterocycles. The number of carbonyl (C=O) groups is 1. The predicted octanol–water partition coefficient (Wildman–Crippen LogP) is 6.86. The van der Waals surface area contributed by atoms with Crippen LogP contribution in [0.5, 0.6) is 0 Å². The number of nitrogens with zero attached hydrogens (tertiary/aromatic N) is 1. The van der Waals surface area contributed by atoms with E-state index in [9.17, 15) is 9.18 Å². The van der Waals surface area contributed by atoms with Gasteiger partial charge in [-0.25, -0.2) is 4.39 Å². The minimum absolute atomic E-state index is 0.0234. The molecule has 1 unspecified atom stereocenters. The van der Waals surface area contributed by atoms with Crippen LogP contribution in [-0.4, -0.2) is 18.5 Å². The number of halogens is 1. The Kier molecular flexibility index (Phi) is 10.3. The largest absolute Gasteiger partial charge is 0.346 e. The fourth-order valence-corrected chi connectivity index (χ4v) is 4.70. The van der Waals surface area contributed by atoms with E-state index in [0.29, 0.717) is 5.88 Å². The molecule has 0 saturated heterocycles. The SMILES string of the molecule is C=N/C(C)=C(/C=C(/C)C(/C=C\C)c1c(CC)cccc1CF)SCNC(=O)C1CCC1. The number of hydrogen-bond acceptors (Lipinski definition) is 3. The van der Waals surface area contributed by atoms with Crippen molar-refractivity contribution in [2.45, 2.75) is 66.0 Å². The Morgan fingerprint density at radius 3 is 2.61 bits per heavy atom. The molecule has 0 aliphatic heterocycles. The minimum atomic E-state index is -0.484. The Morgan fingerprint density at radius 2 is 2.06 bits per heavy atom. The van der Waals surface area contributed by atoms with Crippen molar-refractivity contribution in [1.29, 1.82) is 0 Å². The molecule has 2 rings (SSSR count). The third-order valence-electron chi connectivity index (χ3n) is 5.90. The number of carbonyl (C=O) groups excluding carboxylic acids is 1. The first-order valence-corrected chi connectivity index (χ1v) is 12.0. The first kappa shape index (κ1) is 25.1. The first-order valence-electron chi connectivity index (χ1n) is 11.0. The summed E-state index contributed by atoms with van der Waals surface area (Å²) >= 11 is 1.55. The molecule has 0 bridgehead atoms. The third kappa shape index (κ3) is 6.67. The van der Waals surface area contributed by atoms with E-state index in [1.54, 1.807) is 11.8 Å². The van der Waals surface area contributed by atoms with Crippen molar-refractivity contribution in [2.75, 3.05) is 5.88 Å². The average molecular weight is 443 g/mol. The summed E-state index contributed by atoms with van der Waals surface area (Å²) in [5.41, 5.74) is 4.86. The van der Waals surface area contributed by atoms with Crippen molar-refractivity contribution in [2.24, 2.45) is 10.9 Å². The summed E-state index contributed by atoms with van der Waals surface area (Å²) in [7, 11) is 0. The fraction of sp³-hybridized carbons (Fsp3) is 0.462. The highest BCUT2D eigenvalue weighted by molar-refractivity contribution is 8.03. The highest BCUT2D eigenvalue weighted by atomic mass is 32.2. The highest BCUT2D eigenvalue weighted by Crippen LogP contribution is 2.35.